The van der Waals surface area contributed by atoms with Gasteiger partial charge in [0.05, 0.1) is 6.61 Å². The van der Waals surface area contributed by atoms with E-state index in [4.69, 9.17) is 4.74 Å². The van der Waals surface area contributed by atoms with E-state index in [1.165, 1.54) is 25.7 Å². The molecule has 1 aromatic heterocycles. The van der Waals surface area contributed by atoms with Gasteiger partial charge in [-0.05, 0) is 37.3 Å². The molecular weight excluding hydrogens is 212 g/mol. The number of hydrogen-bond donors (Lipinski definition) is 1. The SMILES string of the molecule is CCOc1cccnc1NCC1(C)CCCC1. The zero-order chi connectivity index (χ0) is 12.1. The highest BCUT2D eigenvalue weighted by molar-refractivity contribution is 5.49. The second-order valence-corrected chi connectivity index (χ2v) is 5.15. The molecular formula is C14H22N2O. The van der Waals surface area contributed by atoms with E-state index in [0.29, 0.717) is 12.0 Å². The number of pyridine rings is 1. The molecule has 0 aromatic carbocycles. The minimum Gasteiger partial charge on any atom is -0.490 e. The summed E-state index contributed by atoms with van der Waals surface area (Å²) in [5.74, 6) is 1.74. The molecule has 1 aromatic rings. The van der Waals surface area contributed by atoms with E-state index in [2.05, 4.69) is 17.2 Å². The Labute approximate surface area is 104 Å². The van der Waals surface area contributed by atoms with Crippen molar-refractivity contribution < 1.29 is 4.74 Å². The van der Waals surface area contributed by atoms with Gasteiger partial charge in [0, 0.05) is 12.7 Å². The molecule has 3 heteroatoms. The standard InChI is InChI=1S/C14H22N2O/c1-3-17-12-7-6-10-15-13(12)16-11-14(2)8-4-5-9-14/h6-7,10H,3-5,8-9,11H2,1-2H3,(H,15,16). The average Bonchev–Trinajstić information content (AvgIpc) is 2.76. The molecule has 0 unspecified atom stereocenters. The lowest BCUT2D eigenvalue weighted by molar-refractivity contribution is 0.337. The van der Waals surface area contributed by atoms with E-state index in [9.17, 15) is 0 Å². The molecule has 1 heterocycles. The van der Waals surface area contributed by atoms with E-state index in [1.807, 2.05) is 25.3 Å². The summed E-state index contributed by atoms with van der Waals surface area (Å²) < 4.78 is 5.56. The molecule has 1 saturated carbocycles. The molecule has 0 radical (unpaired) electrons. The summed E-state index contributed by atoms with van der Waals surface area (Å²) in [7, 11) is 0. The molecule has 2 rings (SSSR count). The zero-order valence-corrected chi connectivity index (χ0v) is 10.8. The van der Waals surface area contributed by atoms with Gasteiger partial charge in [-0.25, -0.2) is 4.98 Å². The number of nitrogens with zero attached hydrogens (tertiary/aromatic N) is 1. The molecule has 1 aliphatic carbocycles. The summed E-state index contributed by atoms with van der Waals surface area (Å²) in [5, 5.41) is 3.44. The van der Waals surface area contributed by atoms with Gasteiger partial charge in [-0.2, -0.15) is 0 Å². The molecule has 94 valence electrons. The fraction of sp³-hybridized carbons (Fsp3) is 0.643. The number of aromatic nitrogens is 1. The van der Waals surface area contributed by atoms with E-state index >= 15 is 0 Å². The fourth-order valence-electron chi connectivity index (χ4n) is 2.50. The Hall–Kier alpha value is -1.25. The van der Waals surface area contributed by atoms with Crippen LogP contribution in [0.4, 0.5) is 5.82 Å². The van der Waals surface area contributed by atoms with Crippen molar-refractivity contribution in [3.8, 4) is 5.75 Å². The Morgan fingerprint density at radius 3 is 2.88 bits per heavy atom. The molecule has 17 heavy (non-hydrogen) atoms. The Bertz CT molecular complexity index is 359. The van der Waals surface area contributed by atoms with Gasteiger partial charge in [0.25, 0.3) is 0 Å². The number of ether oxygens (including phenoxy) is 1. The van der Waals surface area contributed by atoms with Crippen molar-refractivity contribution in [2.45, 2.75) is 39.5 Å². The van der Waals surface area contributed by atoms with Gasteiger partial charge in [-0.3, -0.25) is 0 Å². The monoisotopic (exact) mass is 234 g/mol. The third-order valence-corrected chi connectivity index (χ3v) is 3.56. The third-order valence-electron chi connectivity index (χ3n) is 3.56. The molecule has 0 amide bonds. The molecule has 0 bridgehead atoms. The van der Waals surface area contributed by atoms with Gasteiger partial charge >= 0.3 is 0 Å². The maximum atomic E-state index is 5.56. The number of rotatable bonds is 5. The molecule has 1 N–H and O–H groups in total. The summed E-state index contributed by atoms with van der Waals surface area (Å²) in [5.41, 5.74) is 0.432. The molecule has 3 nitrogen and oxygen atoms in total. The first-order valence-corrected chi connectivity index (χ1v) is 6.55. The predicted molar refractivity (Wildman–Crippen MR) is 70.5 cm³/mol. The zero-order valence-electron chi connectivity index (χ0n) is 10.8. The van der Waals surface area contributed by atoms with Gasteiger partial charge in [-0.15, -0.1) is 0 Å². The van der Waals surface area contributed by atoms with Crippen LogP contribution in [-0.2, 0) is 0 Å². The lowest BCUT2D eigenvalue weighted by Gasteiger charge is -2.24. The van der Waals surface area contributed by atoms with Crippen LogP contribution in [0.1, 0.15) is 39.5 Å². The maximum Gasteiger partial charge on any atom is 0.168 e. The summed E-state index contributed by atoms with van der Waals surface area (Å²) >= 11 is 0. The van der Waals surface area contributed by atoms with Gasteiger partial charge in [0.2, 0.25) is 0 Å². The minimum atomic E-state index is 0.432. The van der Waals surface area contributed by atoms with E-state index in [1.54, 1.807) is 0 Å². The lowest BCUT2D eigenvalue weighted by atomic mass is 9.89. The molecule has 0 atom stereocenters. The van der Waals surface area contributed by atoms with Crippen LogP contribution in [0.25, 0.3) is 0 Å². The van der Waals surface area contributed by atoms with Crippen LogP contribution in [-0.4, -0.2) is 18.1 Å². The minimum absolute atomic E-state index is 0.432. The largest absolute Gasteiger partial charge is 0.490 e. The maximum absolute atomic E-state index is 5.56. The van der Waals surface area contributed by atoms with Crippen LogP contribution in [0.5, 0.6) is 5.75 Å². The molecule has 0 spiro atoms. The predicted octanol–water partition coefficient (Wildman–Crippen LogP) is 3.47. The topological polar surface area (TPSA) is 34.1 Å². The number of hydrogen-bond acceptors (Lipinski definition) is 3. The smallest absolute Gasteiger partial charge is 0.168 e. The normalized spacial score (nSPS) is 18.0. The number of nitrogens with one attached hydrogen (secondary N) is 1. The van der Waals surface area contributed by atoms with Crippen LogP contribution in [0.2, 0.25) is 0 Å². The Morgan fingerprint density at radius 1 is 1.41 bits per heavy atom. The van der Waals surface area contributed by atoms with Crippen LogP contribution >= 0.6 is 0 Å². The Morgan fingerprint density at radius 2 is 2.18 bits per heavy atom. The third kappa shape index (κ3) is 3.11. The summed E-state index contributed by atoms with van der Waals surface area (Å²) in [4.78, 5) is 4.35. The van der Waals surface area contributed by atoms with Gasteiger partial charge in [0.1, 0.15) is 0 Å². The van der Waals surface area contributed by atoms with E-state index in [0.717, 1.165) is 18.1 Å². The highest BCUT2D eigenvalue weighted by Gasteiger charge is 2.28. The quantitative estimate of drug-likeness (QED) is 0.847. The van der Waals surface area contributed by atoms with Gasteiger partial charge in [-0.1, -0.05) is 19.8 Å². The van der Waals surface area contributed by atoms with Gasteiger partial charge < -0.3 is 10.1 Å². The second kappa shape index (κ2) is 5.39. The average molecular weight is 234 g/mol. The van der Waals surface area contributed by atoms with Crippen molar-refractivity contribution in [1.82, 2.24) is 4.98 Å². The Balaban J connectivity index is 1.98. The van der Waals surface area contributed by atoms with Crippen molar-refractivity contribution in [3.05, 3.63) is 18.3 Å². The van der Waals surface area contributed by atoms with Crippen molar-refractivity contribution in [3.63, 3.8) is 0 Å². The summed E-state index contributed by atoms with van der Waals surface area (Å²) in [6.07, 6.45) is 7.16. The van der Waals surface area contributed by atoms with E-state index < -0.39 is 0 Å². The van der Waals surface area contributed by atoms with Gasteiger partial charge in [0.15, 0.2) is 11.6 Å². The van der Waals surface area contributed by atoms with Crippen molar-refractivity contribution in [1.29, 1.82) is 0 Å². The highest BCUT2D eigenvalue weighted by atomic mass is 16.5. The second-order valence-electron chi connectivity index (χ2n) is 5.15. The summed E-state index contributed by atoms with van der Waals surface area (Å²) in [6.45, 7) is 6.02. The van der Waals surface area contributed by atoms with Crippen LogP contribution in [0, 0.1) is 5.41 Å². The first kappa shape index (κ1) is 12.2. The lowest BCUT2D eigenvalue weighted by Crippen LogP contribution is -2.23. The van der Waals surface area contributed by atoms with Crippen LogP contribution < -0.4 is 10.1 Å². The molecule has 0 aliphatic heterocycles. The van der Waals surface area contributed by atoms with Crippen LogP contribution in [0.15, 0.2) is 18.3 Å². The molecule has 1 fully saturated rings. The number of anilines is 1. The summed E-state index contributed by atoms with van der Waals surface area (Å²) in [6, 6.07) is 3.88. The first-order valence-electron chi connectivity index (χ1n) is 6.55. The van der Waals surface area contributed by atoms with Crippen molar-refractivity contribution in [2.24, 2.45) is 5.41 Å². The first-order chi connectivity index (χ1) is 8.23. The highest BCUT2D eigenvalue weighted by Crippen LogP contribution is 2.37. The van der Waals surface area contributed by atoms with E-state index in [-0.39, 0.29) is 0 Å². The molecule has 0 saturated heterocycles. The Kier molecular flexibility index (Phi) is 3.87. The van der Waals surface area contributed by atoms with Crippen LogP contribution in [0.3, 0.4) is 0 Å². The van der Waals surface area contributed by atoms with Crippen molar-refractivity contribution in [2.75, 3.05) is 18.5 Å². The fourth-order valence-corrected chi connectivity index (χ4v) is 2.50. The van der Waals surface area contributed by atoms with Crippen molar-refractivity contribution >= 4 is 5.82 Å². The molecule has 1 aliphatic rings.